The molecule has 0 aliphatic carbocycles. The number of nitriles is 1. The molecule has 1 unspecified atom stereocenters. The van der Waals surface area contributed by atoms with Gasteiger partial charge in [-0.2, -0.15) is 5.26 Å². The molecule has 0 amide bonds. The lowest BCUT2D eigenvalue weighted by molar-refractivity contribution is 0.119. The molecule has 8 nitrogen and oxygen atoms in total. The first kappa shape index (κ1) is 29.6. The van der Waals surface area contributed by atoms with Crippen LogP contribution in [0.1, 0.15) is 45.0 Å². The molecule has 0 spiro atoms. The van der Waals surface area contributed by atoms with Crippen molar-refractivity contribution in [3.05, 3.63) is 40.7 Å². The average molecular weight is 513 g/mol. The van der Waals surface area contributed by atoms with Crippen LogP contribution in [0.5, 0.6) is 0 Å². The van der Waals surface area contributed by atoms with Gasteiger partial charge in [0, 0.05) is 52.3 Å². The largest absolute Gasteiger partial charge is 0.383 e. The van der Waals surface area contributed by atoms with E-state index < -0.39 is 0 Å². The van der Waals surface area contributed by atoms with Crippen molar-refractivity contribution in [2.75, 3.05) is 53.6 Å². The van der Waals surface area contributed by atoms with Gasteiger partial charge in [0.1, 0.15) is 27.0 Å². The smallest absolute Gasteiger partial charge is 0.143 e. The molecule has 0 aliphatic rings. The number of hydrogen-bond donors (Lipinski definition) is 1. The predicted molar refractivity (Wildman–Crippen MR) is 149 cm³/mol. The van der Waals surface area contributed by atoms with Crippen LogP contribution in [-0.4, -0.2) is 74.8 Å². The molecule has 1 atom stereocenters. The van der Waals surface area contributed by atoms with Crippen molar-refractivity contribution in [2.24, 2.45) is 10.9 Å². The van der Waals surface area contributed by atoms with Gasteiger partial charge < -0.3 is 14.8 Å². The van der Waals surface area contributed by atoms with Crippen LogP contribution in [0, 0.1) is 17.2 Å². The Morgan fingerprint density at radius 3 is 2.64 bits per heavy atom. The lowest BCUT2D eigenvalue weighted by Gasteiger charge is -2.24. The molecule has 1 N–H and O–H groups in total. The number of methoxy groups -OCH3 is 2. The third-order valence-corrected chi connectivity index (χ3v) is 6.79. The van der Waals surface area contributed by atoms with E-state index in [-0.39, 0.29) is 0 Å². The second-order valence-electron chi connectivity index (χ2n) is 8.60. The van der Waals surface area contributed by atoms with Crippen molar-refractivity contribution in [1.29, 1.82) is 5.26 Å². The first-order chi connectivity index (χ1) is 17.6. The summed E-state index contributed by atoms with van der Waals surface area (Å²) in [7, 11) is 3.48. The summed E-state index contributed by atoms with van der Waals surface area (Å²) in [5.41, 5.74) is 3.47. The summed E-state index contributed by atoms with van der Waals surface area (Å²) in [4.78, 5) is 16.7. The second kappa shape index (κ2) is 16.9. The Bertz CT molecular complexity index is 1010. The second-order valence-corrected chi connectivity index (χ2v) is 9.58. The van der Waals surface area contributed by atoms with Crippen molar-refractivity contribution < 1.29 is 9.47 Å². The first-order valence-corrected chi connectivity index (χ1v) is 13.3. The Morgan fingerprint density at radius 1 is 1.28 bits per heavy atom. The zero-order valence-corrected chi connectivity index (χ0v) is 23.1. The summed E-state index contributed by atoms with van der Waals surface area (Å²) < 4.78 is 10.6. The number of nitrogens with zero attached hydrogens (tertiary/aromatic N) is 5. The number of pyridine rings is 1. The SMILES string of the molecule is CCCC(=CC(CC)CN=CN/C(C)=C(\C#N)c1nc2cccnc2s1)CN(CCOC)CCOC. The molecule has 196 valence electrons. The van der Waals surface area contributed by atoms with Gasteiger partial charge in [0.05, 0.1) is 19.6 Å². The zero-order chi connectivity index (χ0) is 26.2. The molecule has 0 saturated heterocycles. The van der Waals surface area contributed by atoms with Crippen LogP contribution in [0.3, 0.4) is 0 Å². The summed E-state index contributed by atoms with van der Waals surface area (Å²) in [6.07, 6.45) is 9.01. The fraction of sp³-hybridized carbons (Fsp3) is 0.556. The Balaban J connectivity index is 2.04. The number of ether oxygens (including phenoxy) is 2. The maximum atomic E-state index is 9.71. The third kappa shape index (κ3) is 9.78. The summed E-state index contributed by atoms with van der Waals surface area (Å²) in [5, 5.41) is 13.5. The fourth-order valence-corrected chi connectivity index (χ4v) is 4.70. The van der Waals surface area contributed by atoms with Gasteiger partial charge in [-0.25, -0.2) is 9.97 Å². The van der Waals surface area contributed by atoms with Gasteiger partial charge in [-0.15, -0.1) is 0 Å². The van der Waals surface area contributed by atoms with Gasteiger partial charge in [-0.05, 0) is 37.8 Å². The monoisotopic (exact) mass is 512 g/mol. The van der Waals surface area contributed by atoms with E-state index in [1.54, 1.807) is 26.8 Å². The molecule has 0 fully saturated rings. The number of nitrogens with one attached hydrogen (secondary N) is 1. The van der Waals surface area contributed by atoms with Crippen LogP contribution < -0.4 is 5.32 Å². The Hall–Kier alpha value is -2.64. The quantitative estimate of drug-likeness (QED) is 0.139. The number of thiazole rings is 1. The number of fused-ring (bicyclic) bond motifs is 1. The molecule has 0 aromatic carbocycles. The minimum Gasteiger partial charge on any atom is -0.383 e. The van der Waals surface area contributed by atoms with Crippen LogP contribution in [-0.2, 0) is 9.47 Å². The number of rotatable bonds is 17. The van der Waals surface area contributed by atoms with E-state index >= 15 is 0 Å². The van der Waals surface area contributed by atoms with Crippen molar-refractivity contribution in [2.45, 2.75) is 40.0 Å². The first-order valence-electron chi connectivity index (χ1n) is 12.5. The maximum absolute atomic E-state index is 9.71. The number of aromatic nitrogens is 2. The Kier molecular flexibility index (Phi) is 13.9. The van der Waals surface area contributed by atoms with Gasteiger partial charge >= 0.3 is 0 Å². The highest BCUT2D eigenvalue weighted by Gasteiger charge is 2.13. The molecular weight excluding hydrogens is 472 g/mol. The third-order valence-electron chi connectivity index (χ3n) is 5.80. The van der Waals surface area contributed by atoms with Crippen LogP contribution in [0.25, 0.3) is 15.9 Å². The molecule has 2 heterocycles. The summed E-state index contributed by atoms with van der Waals surface area (Å²) in [5.74, 6) is 0.353. The Labute approximate surface area is 219 Å². The highest BCUT2D eigenvalue weighted by molar-refractivity contribution is 7.19. The standard InChI is InChI=1S/C27H40N6O2S/c1-6-9-23(19-33(12-14-34-4)13-15-35-5)16-22(7-2)18-29-20-31-21(3)24(17-28)26-32-25-10-8-11-30-27(25)36-26/h8,10-11,16,20,22H,6-7,9,12-15,18-19H2,1-5H3,(H,29,31)/b23-16?,24-21+. The van der Waals surface area contributed by atoms with E-state index in [0.717, 1.165) is 54.9 Å². The normalized spacial score (nSPS) is 13.9. The summed E-state index contributed by atoms with van der Waals surface area (Å²) >= 11 is 1.42. The van der Waals surface area contributed by atoms with Gasteiger partial charge in [0.25, 0.3) is 0 Å². The van der Waals surface area contributed by atoms with Crippen molar-refractivity contribution in [3.8, 4) is 6.07 Å². The minimum atomic E-state index is 0.353. The Morgan fingerprint density at radius 2 is 2.03 bits per heavy atom. The van der Waals surface area contributed by atoms with E-state index in [0.29, 0.717) is 36.3 Å². The van der Waals surface area contributed by atoms with E-state index in [1.165, 1.54) is 16.9 Å². The maximum Gasteiger partial charge on any atom is 0.143 e. The number of allylic oxidation sites excluding steroid dienone is 2. The summed E-state index contributed by atoms with van der Waals surface area (Å²) in [6, 6.07) is 6.02. The van der Waals surface area contributed by atoms with Crippen molar-refractivity contribution in [3.63, 3.8) is 0 Å². The van der Waals surface area contributed by atoms with Gasteiger partial charge in [0.15, 0.2) is 0 Å². The molecule has 0 bridgehead atoms. The summed E-state index contributed by atoms with van der Waals surface area (Å²) in [6.45, 7) is 11.1. The molecule has 0 saturated carbocycles. The van der Waals surface area contributed by atoms with Crippen LogP contribution in [0.2, 0.25) is 0 Å². The molecular formula is C27H40N6O2S. The van der Waals surface area contributed by atoms with Gasteiger partial charge in [-0.1, -0.05) is 43.3 Å². The van der Waals surface area contributed by atoms with Crippen molar-refractivity contribution in [1.82, 2.24) is 20.2 Å². The molecule has 2 rings (SSSR count). The van der Waals surface area contributed by atoms with E-state index in [1.807, 2.05) is 19.1 Å². The molecule has 0 aliphatic heterocycles. The van der Waals surface area contributed by atoms with Crippen LogP contribution in [0.15, 0.2) is 40.7 Å². The van der Waals surface area contributed by atoms with E-state index in [4.69, 9.17) is 9.47 Å². The van der Waals surface area contributed by atoms with E-state index in [2.05, 4.69) is 51.2 Å². The highest BCUT2D eigenvalue weighted by Crippen LogP contribution is 2.26. The lowest BCUT2D eigenvalue weighted by Crippen LogP contribution is -2.32. The van der Waals surface area contributed by atoms with E-state index in [9.17, 15) is 5.26 Å². The molecule has 2 aromatic rings. The van der Waals surface area contributed by atoms with Crippen molar-refractivity contribution >= 4 is 33.6 Å². The van der Waals surface area contributed by atoms with Gasteiger partial charge in [0.2, 0.25) is 0 Å². The van der Waals surface area contributed by atoms with Crippen LogP contribution >= 0.6 is 11.3 Å². The molecule has 2 aromatic heterocycles. The van der Waals surface area contributed by atoms with Crippen LogP contribution in [0.4, 0.5) is 0 Å². The average Bonchev–Trinajstić information content (AvgIpc) is 3.31. The lowest BCUT2D eigenvalue weighted by atomic mass is 10.00. The highest BCUT2D eigenvalue weighted by atomic mass is 32.1. The molecule has 36 heavy (non-hydrogen) atoms. The number of hydrogen-bond acceptors (Lipinski definition) is 8. The zero-order valence-electron chi connectivity index (χ0n) is 22.3. The predicted octanol–water partition coefficient (Wildman–Crippen LogP) is 4.91. The number of aliphatic imine (C=N–C) groups is 1. The fourth-order valence-electron chi connectivity index (χ4n) is 3.74. The topological polar surface area (TPSA) is 95.7 Å². The molecule has 0 radical (unpaired) electrons. The van der Waals surface area contributed by atoms with Gasteiger partial charge in [-0.3, -0.25) is 9.89 Å². The minimum absolute atomic E-state index is 0.353. The molecule has 9 heteroatoms.